The second kappa shape index (κ2) is 14.4. The van der Waals surface area contributed by atoms with Crippen molar-refractivity contribution in [2.45, 2.75) is 39.5 Å². The molecule has 9 nitrogen and oxygen atoms in total. The first-order chi connectivity index (χ1) is 17.5. The van der Waals surface area contributed by atoms with Crippen LogP contribution in [0, 0.1) is 5.92 Å². The van der Waals surface area contributed by atoms with Crippen molar-refractivity contribution < 1.29 is 19.1 Å². The normalized spacial score (nSPS) is 11.5. The first-order valence-corrected chi connectivity index (χ1v) is 12.2. The summed E-state index contributed by atoms with van der Waals surface area (Å²) in [6.45, 7) is 6.41. The minimum Gasteiger partial charge on any atom is -0.492 e. The number of carbonyl (C=O) groups excluding carboxylic acids is 2. The molecule has 2 aromatic carbocycles. The molecule has 0 radical (unpaired) electrons. The summed E-state index contributed by atoms with van der Waals surface area (Å²) in [4.78, 5) is 28.9. The molecular formula is C27H35N5O4. The number of ether oxygens (including phenoxy) is 2. The number of hydrogen-bond donors (Lipinski definition) is 3. The van der Waals surface area contributed by atoms with E-state index in [1.165, 1.54) is 0 Å². The molecule has 0 unspecified atom stereocenters. The molecule has 1 aromatic heterocycles. The molecular weight excluding hydrogens is 458 g/mol. The van der Waals surface area contributed by atoms with Crippen LogP contribution in [-0.4, -0.2) is 47.3 Å². The molecule has 0 saturated heterocycles. The molecule has 0 aliphatic heterocycles. The summed E-state index contributed by atoms with van der Waals surface area (Å²) >= 11 is 0. The Kier molecular flexibility index (Phi) is 10.6. The lowest BCUT2D eigenvalue weighted by Crippen LogP contribution is -2.48. The first-order valence-electron chi connectivity index (χ1n) is 12.2. The van der Waals surface area contributed by atoms with Gasteiger partial charge in [0.05, 0.1) is 12.9 Å². The van der Waals surface area contributed by atoms with Gasteiger partial charge in [0.15, 0.2) is 0 Å². The van der Waals surface area contributed by atoms with E-state index in [0.717, 1.165) is 23.5 Å². The predicted octanol–water partition coefficient (Wildman–Crippen LogP) is 3.83. The first kappa shape index (κ1) is 26.6. The summed E-state index contributed by atoms with van der Waals surface area (Å²) in [5, 5.41) is 8.85. The molecule has 36 heavy (non-hydrogen) atoms. The molecule has 3 aromatic rings. The van der Waals surface area contributed by atoms with Gasteiger partial charge in [-0.3, -0.25) is 4.79 Å². The van der Waals surface area contributed by atoms with Gasteiger partial charge >= 0.3 is 6.09 Å². The quantitative estimate of drug-likeness (QED) is 0.295. The van der Waals surface area contributed by atoms with E-state index in [1.807, 2.05) is 79.2 Å². The van der Waals surface area contributed by atoms with E-state index in [-0.39, 0.29) is 18.4 Å². The van der Waals surface area contributed by atoms with Crippen LogP contribution in [0.2, 0.25) is 0 Å². The van der Waals surface area contributed by atoms with Crippen LogP contribution in [0.5, 0.6) is 5.75 Å². The lowest BCUT2D eigenvalue weighted by atomic mass is 10.0. The molecule has 0 fully saturated rings. The minimum atomic E-state index is -0.660. The molecule has 9 heteroatoms. The Morgan fingerprint density at radius 1 is 1.03 bits per heavy atom. The summed E-state index contributed by atoms with van der Waals surface area (Å²) in [5.74, 6) is 0.786. The second-order valence-corrected chi connectivity index (χ2v) is 8.78. The zero-order chi connectivity index (χ0) is 25.6. The van der Waals surface area contributed by atoms with Crippen LogP contribution < -0.4 is 20.7 Å². The van der Waals surface area contributed by atoms with Crippen LogP contribution in [0.1, 0.15) is 25.8 Å². The number of nitrogens with zero attached hydrogens (tertiary/aromatic N) is 2. The largest absolute Gasteiger partial charge is 0.492 e. The molecule has 1 heterocycles. The van der Waals surface area contributed by atoms with Crippen molar-refractivity contribution >= 4 is 17.7 Å². The number of carbonyl (C=O) groups is 2. The van der Waals surface area contributed by atoms with Crippen molar-refractivity contribution in [3.8, 4) is 5.75 Å². The van der Waals surface area contributed by atoms with Crippen LogP contribution in [0.25, 0.3) is 0 Å². The number of alkyl carbamates (subject to hydrolysis) is 1. The topological polar surface area (TPSA) is 107 Å². The van der Waals surface area contributed by atoms with Gasteiger partial charge < -0.3 is 30.0 Å². The van der Waals surface area contributed by atoms with Gasteiger partial charge in [0, 0.05) is 31.2 Å². The third-order valence-corrected chi connectivity index (χ3v) is 5.31. The van der Waals surface area contributed by atoms with Crippen molar-refractivity contribution in [3.05, 3.63) is 78.9 Å². The van der Waals surface area contributed by atoms with Crippen LogP contribution in [0.3, 0.4) is 0 Å². The maximum absolute atomic E-state index is 12.7. The minimum absolute atomic E-state index is 0.154. The number of benzene rings is 2. The Balaban J connectivity index is 1.35. The number of anilines is 1. The highest BCUT2D eigenvalue weighted by molar-refractivity contribution is 5.85. The summed E-state index contributed by atoms with van der Waals surface area (Å²) in [7, 11) is 0. The Bertz CT molecular complexity index is 1040. The average Bonchev–Trinajstić information content (AvgIpc) is 3.40. The maximum Gasteiger partial charge on any atom is 0.408 e. The molecule has 3 rings (SSSR count). The van der Waals surface area contributed by atoms with Gasteiger partial charge in [-0.1, -0.05) is 44.2 Å². The lowest BCUT2D eigenvalue weighted by Gasteiger charge is -2.20. The fraction of sp³-hybridized carbons (Fsp3) is 0.370. The zero-order valence-electron chi connectivity index (χ0n) is 20.9. The van der Waals surface area contributed by atoms with E-state index in [2.05, 4.69) is 20.9 Å². The number of nitrogens with one attached hydrogen (secondary N) is 3. The van der Waals surface area contributed by atoms with Gasteiger partial charge in [-0.2, -0.15) is 0 Å². The van der Waals surface area contributed by atoms with Gasteiger partial charge in [-0.25, -0.2) is 9.78 Å². The Hall–Kier alpha value is -4.01. The van der Waals surface area contributed by atoms with E-state index in [0.29, 0.717) is 26.1 Å². The second-order valence-electron chi connectivity index (χ2n) is 8.78. The van der Waals surface area contributed by atoms with E-state index in [1.54, 1.807) is 12.5 Å². The van der Waals surface area contributed by atoms with Gasteiger partial charge in [0.1, 0.15) is 25.0 Å². The highest BCUT2D eigenvalue weighted by atomic mass is 16.5. The monoisotopic (exact) mass is 493 g/mol. The molecule has 1 atom stereocenters. The molecule has 0 aliphatic carbocycles. The lowest BCUT2D eigenvalue weighted by molar-refractivity contribution is -0.123. The molecule has 0 aliphatic rings. The maximum atomic E-state index is 12.7. The Morgan fingerprint density at radius 3 is 2.50 bits per heavy atom. The third kappa shape index (κ3) is 9.69. The van der Waals surface area contributed by atoms with Crippen molar-refractivity contribution in [2.75, 3.05) is 25.0 Å². The Labute approximate surface area is 212 Å². The van der Waals surface area contributed by atoms with Crippen molar-refractivity contribution in [1.29, 1.82) is 0 Å². The highest BCUT2D eigenvalue weighted by Gasteiger charge is 2.22. The molecule has 192 valence electrons. The van der Waals surface area contributed by atoms with E-state index < -0.39 is 12.1 Å². The summed E-state index contributed by atoms with van der Waals surface area (Å²) in [6, 6.07) is 16.4. The molecule has 3 N–H and O–H groups in total. The summed E-state index contributed by atoms with van der Waals surface area (Å²) in [6.07, 6.45) is 5.31. The molecule has 0 spiro atoms. The molecule has 2 amide bonds. The SMILES string of the molecule is CC(C)C[C@H](NC(=O)OCc1ccccc1)C(=O)NCCNc1ccc(OCCn2ccnc2)cc1. The summed E-state index contributed by atoms with van der Waals surface area (Å²) < 4.78 is 13.0. The van der Waals surface area contributed by atoms with Gasteiger partial charge in [0.2, 0.25) is 5.91 Å². The fourth-order valence-electron chi connectivity index (χ4n) is 3.48. The van der Waals surface area contributed by atoms with E-state index in [9.17, 15) is 9.59 Å². The number of hydrogen-bond acceptors (Lipinski definition) is 6. The number of amides is 2. The summed E-state index contributed by atoms with van der Waals surface area (Å²) in [5.41, 5.74) is 1.81. The smallest absolute Gasteiger partial charge is 0.408 e. The van der Waals surface area contributed by atoms with Crippen LogP contribution in [0.4, 0.5) is 10.5 Å². The third-order valence-electron chi connectivity index (χ3n) is 5.31. The Morgan fingerprint density at radius 2 is 1.81 bits per heavy atom. The van der Waals surface area contributed by atoms with Gasteiger partial charge in [-0.05, 0) is 42.2 Å². The van der Waals surface area contributed by atoms with Crippen molar-refractivity contribution in [1.82, 2.24) is 20.2 Å². The molecule has 0 saturated carbocycles. The van der Waals surface area contributed by atoms with Gasteiger partial charge in [0.25, 0.3) is 0 Å². The average molecular weight is 494 g/mol. The van der Waals surface area contributed by atoms with Crippen LogP contribution >= 0.6 is 0 Å². The van der Waals surface area contributed by atoms with Crippen LogP contribution in [0.15, 0.2) is 73.3 Å². The van der Waals surface area contributed by atoms with Crippen LogP contribution in [-0.2, 0) is 22.7 Å². The van der Waals surface area contributed by atoms with Crippen molar-refractivity contribution in [2.24, 2.45) is 5.92 Å². The van der Waals surface area contributed by atoms with E-state index >= 15 is 0 Å². The number of aromatic nitrogens is 2. The standard InChI is InChI=1S/C27H35N5O4/c1-21(2)18-25(31-27(34)36-19-22-6-4-3-5-7-22)26(33)30-13-12-29-23-8-10-24(11-9-23)35-17-16-32-15-14-28-20-32/h3-11,14-15,20-21,25,29H,12-13,16-19H2,1-2H3,(H,30,33)(H,31,34)/t25-/m0/s1. The predicted molar refractivity (Wildman–Crippen MR) is 139 cm³/mol. The van der Waals surface area contributed by atoms with E-state index in [4.69, 9.17) is 9.47 Å². The fourth-order valence-corrected chi connectivity index (χ4v) is 3.48. The number of rotatable bonds is 14. The van der Waals surface area contributed by atoms with Crippen molar-refractivity contribution in [3.63, 3.8) is 0 Å². The number of imidazole rings is 1. The zero-order valence-corrected chi connectivity index (χ0v) is 20.9. The molecule has 0 bridgehead atoms. The highest BCUT2D eigenvalue weighted by Crippen LogP contribution is 2.15. The van der Waals surface area contributed by atoms with Gasteiger partial charge in [-0.15, -0.1) is 0 Å².